The maximum absolute atomic E-state index is 13.6. The van der Waals surface area contributed by atoms with Crippen LogP contribution in [0.1, 0.15) is 49.8 Å². The number of carbonyl (C=O) groups is 1. The second kappa shape index (κ2) is 9.10. The Bertz CT molecular complexity index is 1030. The Morgan fingerprint density at radius 3 is 2.27 bits per heavy atom. The molecule has 1 aliphatic heterocycles. The van der Waals surface area contributed by atoms with Gasteiger partial charge in [-0.2, -0.15) is 4.31 Å². The van der Waals surface area contributed by atoms with Crippen molar-refractivity contribution < 1.29 is 22.7 Å². The summed E-state index contributed by atoms with van der Waals surface area (Å²) < 4.78 is 42.0. The number of unbranched alkanes of at least 4 members (excludes halogenated alkanes) is 2. The zero-order valence-corrected chi connectivity index (χ0v) is 17.9. The van der Waals surface area contributed by atoms with E-state index >= 15 is 0 Å². The molecule has 0 aromatic heterocycles. The number of nitrogens with zero attached hydrogens (tertiary/aromatic N) is 1. The summed E-state index contributed by atoms with van der Waals surface area (Å²) in [7, 11) is -3.99. The van der Waals surface area contributed by atoms with Crippen LogP contribution in [0.2, 0.25) is 0 Å². The zero-order valence-electron chi connectivity index (χ0n) is 17.1. The lowest BCUT2D eigenvalue weighted by Crippen LogP contribution is -2.39. The Morgan fingerprint density at radius 1 is 1.07 bits per heavy atom. The molecule has 0 fully saturated rings. The summed E-state index contributed by atoms with van der Waals surface area (Å²) in [6.07, 6.45) is 4.73. The van der Waals surface area contributed by atoms with E-state index in [4.69, 9.17) is 0 Å². The lowest BCUT2D eigenvalue weighted by molar-refractivity contribution is -0.133. The maximum atomic E-state index is 13.6. The van der Waals surface area contributed by atoms with E-state index in [9.17, 15) is 22.7 Å². The fraction of sp³-hybridized carbons (Fsp3) is 0.348. The van der Waals surface area contributed by atoms with Gasteiger partial charge in [-0.1, -0.05) is 62.1 Å². The highest BCUT2D eigenvalue weighted by atomic mass is 32.2. The van der Waals surface area contributed by atoms with Crippen molar-refractivity contribution in [2.75, 3.05) is 0 Å². The van der Waals surface area contributed by atoms with Gasteiger partial charge in [0.05, 0.1) is 16.5 Å². The predicted molar refractivity (Wildman–Crippen MR) is 113 cm³/mol. The van der Waals surface area contributed by atoms with Gasteiger partial charge in [0.1, 0.15) is 5.82 Å². The monoisotopic (exact) mass is 431 g/mol. The number of aliphatic carboxylic acids is 1. The van der Waals surface area contributed by atoms with Gasteiger partial charge in [0.2, 0.25) is 10.0 Å². The van der Waals surface area contributed by atoms with Crippen molar-refractivity contribution in [3.63, 3.8) is 0 Å². The molecule has 3 rings (SSSR count). The van der Waals surface area contributed by atoms with Crippen LogP contribution in [0.4, 0.5) is 4.39 Å². The van der Waals surface area contributed by atoms with Crippen LogP contribution >= 0.6 is 0 Å². The minimum Gasteiger partial charge on any atom is -0.478 e. The quantitative estimate of drug-likeness (QED) is 0.607. The molecule has 0 saturated carbocycles. The van der Waals surface area contributed by atoms with Crippen molar-refractivity contribution >= 4 is 16.0 Å². The number of benzene rings is 2. The van der Waals surface area contributed by atoms with Crippen molar-refractivity contribution in [1.29, 1.82) is 0 Å². The van der Waals surface area contributed by atoms with Crippen molar-refractivity contribution in [3.05, 3.63) is 77.1 Å². The summed E-state index contributed by atoms with van der Waals surface area (Å²) in [6, 6.07) is 10.2. The van der Waals surface area contributed by atoms with Crippen LogP contribution in [-0.4, -0.2) is 29.8 Å². The van der Waals surface area contributed by atoms with Crippen molar-refractivity contribution in [1.82, 2.24) is 4.31 Å². The summed E-state index contributed by atoms with van der Waals surface area (Å²) in [5, 5.41) is 9.82. The third-order valence-corrected chi connectivity index (χ3v) is 7.28. The van der Waals surface area contributed by atoms with E-state index in [-0.39, 0.29) is 10.5 Å². The first-order chi connectivity index (χ1) is 14.3. The first-order valence-corrected chi connectivity index (χ1v) is 11.5. The van der Waals surface area contributed by atoms with Gasteiger partial charge in [-0.3, -0.25) is 0 Å². The fourth-order valence-electron chi connectivity index (χ4n) is 3.82. The van der Waals surface area contributed by atoms with E-state index < -0.39 is 33.9 Å². The van der Waals surface area contributed by atoms with Crippen molar-refractivity contribution in [3.8, 4) is 0 Å². The van der Waals surface area contributed by atoms with Crippen LogP contribution in [0.25, 0.3) is 0 Å². The van der Waals surface area contributed by atoms with Crippen molar-refractivity contribution in [2.45, 2.75) is 56.5 Å². The summed E-state index contributed by atoms with van der Waals surface area (Å²) in [5.74, 6) is -1.64. The van der Waals surface area contributed by atoms with Crippen LogP contribution in [0.3, 0.4) is 0 Å². The molecule has 0 spiro atoms. The summed E-state index contributed by atoms with van der Waals surface area (Å²) in [6.45, 7) is 3.92. The Hall–Kier alpha value is -2.51. The third-order valence-electron chi connectivity index (χ3n) is 5.38. The highest BCUT2D eigenvalue weighted by Crippen LogP contribution is 2.42. The first-order valence-electron chi connectivity index (χ1n) is 10.1. The molecule has 160 valence electrons. The topological polar surface area (TPSA) is 74.7 Å². The second-order valence-electron chi connectivity index (χ2n) is 7.59. The van der Waals surface area contributed by atoms with Crippen molar-refractivity contribution in [2.24, 2.45) is 0 Å². The van der Waals surface area contributed by atoms with Gasteiger partial charge >= 0.3 is 5.97 Å². The zero-order chi connectivity index (χ0) is 21.9. The standard InChI is InChI=1S/C23H26FNO4S/c1-3-4-5-6-19-15-21(23(26)27)22(17-9-11-18(24)12-10-17)25(19)30(28,29)20-13-7-16(2)8-14-20/h7-15,19,22H,3-6H2,1-2H3,(H,26,27)/t19-,22+/m1/s1. The number of halogens is 1. The Kier molecular flexibility index (Phi) is 6.73. The number of hydrogen-bond donors (Lipinski definition) is 1. The van der Waals surface area contributed by atoms with E-state index in [1.165, 1.54) is 46.8 Å². The largest absolute Gasteiger partial charge is 0.478 e. The smallest absolute Gasteiger partial charge is 0.333 e. The molecule has 1 aliphatic rings. The average molecular weight is 432 g/mol. The molecule has 2 aromatic rings. The molecule has 1 N–H and O–H groups in total. The number of hydrogen-bond acceptors (Lipinski definition) is 3. The molecular weight excluding hydrogens is 405 g/mol. The highest BCUT2D eigenvalue weighted by molar-refractivity contribution is 7.89. The van der Waals surface area contributed by atoms with Crippen LogP contribution in [0, 0.1) is 12.7 Å². The van der Waals surface area contributed by atoms with Gasteiger partial charge in [0, 0.05) is 6.04 Å². The molecule has 2 aromatic carbocycles. The average Bonchev–Trinajstić information content (AvgIpc) is 3.10. The SMILES string of the molecule is CCCCC[C@@H]1C=C(C(=O)O)[C@H](c2ccc(F)cc2)N1S(=O)(=O)c1ccc(C)cc1. The Morgan fingerprint density at radius 2 is 1.70 bits per heavy atom. The molecule has 0 saturated heterocycles. The van der Waals surface area contributed by atoms with Crippen LogP contribution in [0.5, 0.6) is 0 Å². The lowest BCUT2D eigenvalue weighted by atomic mass is 10.0. The molecule has 0 amide bonds. The maximum Gasteiger partial charge on any atom is 0.333 e. The number of sulfonamides is 1. The minimum atomic E-state index is -3.99. The first kappa shape index (κ1) is 22.2. The number of carboxylic acid groups (broad SMARTS) is 1. The van der Waals surface area contributed by atoms with Gasteiger partial charge in [0.15, 0.2) is 0 Å². The minimum absolute atomic E-state index is 0.00112. The predicted octanol–water partition coefficient (Wildman–Crippen LogP) is 4.84. The number of carboxylic acids is 1. The Labute approximate surface area is 176 Å². The molecule has 0 aliphatic carbocycles. The molecular formula is C23H26FNO4S. The van der Waals surface area contributed by atoms with E-state index in [1.807, 2.05) is 6.92 Å². The van der Waals surface area contributed by atoms with E-state index in [0.29, 0.717) is 12.0 Å². The normalized spacial score (nSPS) is 19.6. The summed E-state index contributed by atoms with van der Waals surface area (Å²) in [4.78, 5) is 12.1. The molecule has 5 nitrogen and oxygen atoms in total. The summed E-state index contributed by atoms with van der Waals surface area (Å²) in [5.41, 5.74) is 1.35. The van der Waals surface area contributed by atoms with Crippen LogP contribution in [-0.2, 0) is 14.8 Å². The van der Waals surface area contributed by atoms with Gasteiger partial charge in [-0.15, -0.1) is 0 Å². The molecule has 0 radical (unpaired) electrons. The third kappa shape index (κ3) is 4.47. The van der Waals surface area contributed by atoms with Gasteiger partial charge < -0.3 is 5.11 Å². The summed E-state index contributed by atoms with van der Waals surface area (Å²) >= 11 is 0. The second-order valence-corrected chi connectivity index (χ2v) is 9.44. The molecule has 7 heteroatoms. The lowest BCUT2D eigenvalue weighted by Gasteiger charge is -2.31. The van der Waals surface area contributed by atoms with Crippen LogP contribution < -0.4 is 0 Å². The number of aryl methyl sites for hydroxylation is 1. The molecule has 30 heavy (non-hydrogen) atoms. The molecule has 0 bridgehead atoms. The highest BCUT2D eigenvalue weighted by Gasteiger charge is 2.45. The molecule has 2 atom stereocenters. The van der Waals surface area contributed by atoms with E-state index in [0.717, 1.165) is 24.8 Å². The van der Waals surface area contributed by atoms with Gasteiger partial charge in [-0.25, -0.2) is 17.6 Å². The molecule has 0 unspecified atom stereocenters. The van der Waals surface area contributed by atoms with E-state index in [1.54, 1.807) is 12.1 Å². The Balaban J connectivity index is 2.12. The van der Waals surface area contributed by atoms with Gasteiger partial charge in [0.25, 0.3) is 0 Å². The van der Waals surface area contributed by atoms with Gasteiger partial charge in [-0.05, 0) is 43.2 Å². The fourth-order valence-corrected chi connectivity index (χ4v) is 5.58. The molecule has 1 heterocycles. The van der Waals surface area contributed by atoms with E-state index in [2.05, 4.69) is 6.92 Å². The number of rotatable bonds is 8. The van der Waals surface area contributed by atoms with Crippen LogP contribution in [0.15, 0.2) is 65.1 Å².